The van der Waals surface area contributed by atoms with Gasteiger partial charge in [0.25, 0.3) is 5.91 Å². The number of para-hydroxylation sites is 2. The van der Waals surface area contributed by atoms with Gasteiger partial charge in [-0.15, -0.1) is 0 Å². The minimum Gasteiger partial charge on any atom is -0.352 e. The summed E-state index contributed by atoms with van der Waals surface area (Å²) in [6.07, 6.45) is 1.65. The number of carbonyl (C=O) groups is 1. The molecule has 0 radical (unpaired) electrons. The van der Waals surface area contributed by atoms with Crippen LogP contribution < -0.4 is 5.32 Å². The van der Waals surface area contributed by atoms with E-state index < -0.39 is 0 Å². The third kappa shape index (κ3) is 5.00. The van der Waals surface area contributed by atoms with E-state index in [0.29, 0.717) is 6.54 Å². The molecule has 4 nitrogen and oxygen atoms in total. The average Bonchev–Trinajstić information content (AvgIpc) is 3.10. The summed E-state index contributed by atoms with van der Waals surface area (Å²) in [6, 6.07) is 18.8. The van der Waals surface area contributed by atoms with Crippen LogP contribution in [0.1, 0.15) is 56.0 Å². The Balaban J connectivity index is 1.50. The molecule has 1 aromatic heterocycles. The van der Waals surface area contributed by atoms with Gasteiger partial charge in [-0.3, -0.25) is 4.79 Å². The summed E-state index contributed by atoms with van der Waals surface area (Å²) in [5.74, 6) is 1.06. The number of fused-ring (bicyclic) bond motifs is 1. The molecule has 170 valence electrons. The van der Waals surface area contributed by atoms with E-state index in [1.165, 1.54) is 27.8 Å². The van der Waals surface area contributed by atoms with Crippen molar-refractivity contribution < 1.29 is 4.79 Å². The first-order valence-corrected chi connectivity index (χ1v) is 11.7. The number of aryl methyl sites for hydroxylation is 6. The van der Waals surface area contributed by atoms with Crippen LogP contribution in [0, 0.1) is 34.6 Å². The van der Waals surface area contributed by atoms with Crippen molar-refractivity contribution in [2.45, 2.75) is 54.0 Å². The molecular formula is C29H33N3O. The summed E-state index contributed by atoms with van der Waals surface area (Å²) in [5.41, 5.74) is 10.4. The third-order valence-corrected chi connectivity index (χ3v) is 6.38. The first kappa shape index (κ1) is 22.8. The van der Waals surface area contributed by atoms with Gasteiger partial charge >= 0.3 is 0 Å². The van der Waals surface area contributed by atoms with E-state index in [1.54, 1.807) is 0 Å². The second-order valence-corrected chi connectivity index (χ2v) is 9.16. The maximum Gasteiger partial charge on any atom is 0.251 e. The van der Waals surface area contributed by atoms with E-state index in [1.807, 2.05) is 38.1 Å². The quantitative estimate of drug-likeness (QED) is 0.360. The highest BCUT2D eigenvalue weighted by atomic mass is 16.1. The second kappa shape index (κ2) is 9.62. The molecule has 4 heteroatoms. The van der Waals surface area contributed by atoms with Crippen molar-refractivity contribution in [1.82, 2.24) is 14.9 Å². The van der Waals surface area contributed by atoms with Gasteiger partial charge in [0.15, 0.2) is 0 Å². The number of hydrogen-bond donors (Lipinski definition) is 1. The first-order valence-electron chi connectivity index (χ1n) is 11.7. The van der Waals surface area contributed by atoms with Crippen LogP contribution in [0.2, 0.25) is 0 Å². The Hall–Kier alpha value is -3.40. The number of nitrogens with zero attached hydrogens (tertiary/aromatic N) is 2. The predicted molar refractivity (Wildman–Crippen MR) is 136 cm³/mol. The zero-order chi connectivity index (χ0) is 23.5. The molecule has 0 saturated carbocycles. The van der Waals surface area contributed by atoms with Gasteiger partial charge in [-0.2, -0.15) is 0 Å². The Labute approximate surface area is 196 Å². The van der Waals surface area contributed by atoms with Crippen LogP contribution in [0.15, 0.2) is 54.6 Å². The molecule has 4 aromatic rings. The summed E-state index contributed by atoms with van der Waals surface area (Å²) >= 11 is 0. The van der Waals surface area contributed by atoms with Gasteiger partial charge in [0.1, 0.15) is 5.82 Å². The van der Waals surface area contributed by atoms with E-state index in [9.17, 15) is 4.79 Å². The number of imidazole rings is 1. The molecule has 0 aliphatic carbocycles. The molecule has 0 spiro atoms. The lowest BCUT2D eigenvalue weighted by Crippen LogP contribution is -2.25. The average molecular weight is 440 g/mol. The van der Waals surface area contributed by atoms with Gasteiger partial charge in [0, 0.05) is 25.1 Å². The highest BCUT2D eigenvalue weighted by Gasteiger charge is 2.14. The lowest BCUT2D eigenvalue weighted by Gasteiger charge is -2.15. The third-order valence-electron chi connectivity index (χ3n) is 6.38. The van der Waals surface area contributed by atoms with Crippen molar-refractivity contribution in [3.8, 4) is 0 Å². The Bertz CT molecular complexity index is 1290. The molecule has 0 saturated heterocycles. The number of aromatic nitrogens is 2. The minimum atomic E-state index is -0.00749. The van der Waals surface area contributed by atoms with Gasteiger partial charge in [-0.25, -0.2) is 4.98 Å². The fourth-order valence-corrected chi connectivity index (χ4v) is 4.72. The number of nitrogens with one attached hydrogen (secondary N) is 1. The van der Waals surface area contributed by atoms with Gasteiger partial charge in [-0.1, -0.05) is 47.5 Å². The molecule has 0 aliphatic heterocycles. The fourth-order valence-electron chi connectivity index (χ4n) is 4.72. The molecular weight excluding hydrogens is 406 g/mol. The summed E-state index contributed by atoms with van der Waals surface area (Å²) in [7, 11) is 0. The molecule has 4 rings (SSSR count). The Morgan fingerprint density at radius 3 is 2.30 bits per heavy atom. The molecule has 1 amide bonds. The van der Waals surface area contributed by atoms with Crippen LogP contribution in [-0.2, 0) is 13.0 Å². The Morgan fingerprint density at radius 1 is 0.879 bits per heavy atom. The van der Waals surface area contributed by atoms with Crippen LogP contribution in [0.4, 0.5) is 0 Å². The lowest BCUT2D eigenvalue weighted by molar-refractivity contribution is 0.0952. The monoisotopic (exact) mass is 439 g/mol. The summed E-state index contributed by atoms with van der Waals surface area (Å²) in [4.78, 5) is 17.5. The first-order chi connectivity index (χ1) is 15.8. The zero-order valence-electron chi connectivity index (χ0n) is 20.3. The van der Waals surface area contributed by atoms with Crippen LogP contribution in [-0.4, -0.2) is 22.0 Å². The lowest BCUT2D eigenvalue weighted by atomic mass is 9.99. The SMILES string of the molecule is Cc1ccc(C(=O)NCCCc2nc3ccccc3n2Cc2c(C)cc(C)cc2C)c(C)c1. The number of amides is 1. The van der Waals surface area contributed by atoms with Gasteiger partial charge in [0.2, 0.25) is 0 Å². The smallest absolute Gasteiger partial charge is 0.251 e. The van der Waals surface area contributed by atoms with Crippen LogP contribution in [0.25, 0.3) is 11.0 Å². The molecule has 1 heterocycles. The number of carbonyl (C=O) groups excluding carboxylic acids is 1. The molecule has 0 bridgehead atoms. The summed E-state index contributed by atoms with van der Waals surface area (Å²) in [5, 5.41) is 3.08. The van der Waals surface area contributed by atoms with Gasteiger partial charge < -0.3 is 9.88 Å². The van der Waals surface area contributed by atoms with E-state index in [0.717, 1.165) is 47.4 Å². The number of hydrogen-bond acceptors (Lipinski definition) is 2. The van der Waals surface area contributed by atoms with E-state index in [2.05, 4.69) is 61.0 Å². The standard InChI is InChI=1S/C29H33N3O/c1-19-12-13-24(21(3)15-19)29(33)30-14-8-11-28-31-26-9-6-7-10-27(26)32(28)18-25-22(4)16-20(2)17-23(25)5/h6-7,9-10,12-13,15-17H,8,11,14,18H2,1-5H3,(H,30,33). The minimum absolute atomic E-state index is 0.00749. The Morgan fingerprint density at radius 2 is 1.58 bits per heavy atom. The maximum absolute atomic E-state index is 12.6. The fraction of sp³-hybridized carbons (Fsp3) is 0.310. The van der Waals surface area contributed by atoms with Crippen molar-refractivity contribution in [3.05, 3.63) is 99.4 Å². The normalized spacial score (nSPS) is 11.2. The second-order valence-electron chi connectivity index (χ2n) is 9.16. The van der Waals surface area contributed by atoms with E-state index >= 15 is 0 Å². The zero-order valence-corrected chi connectivity index (χ0v) is 20.3. The molecule has 33 heavy (non-hydrogen) atoms. The van der Waals surface area contributed by atoms with Crippen LogP contribution in [0.5, 0.6) is 0 Å². The maximum atomic E-state index is 12.6. The molecule has 1 N–H and O–H groups in total. The van der Waals surface area contributed by atoms with Crippen molar-refractivity contribution in [2.75, 3.05) is 6.54 Å². The van der Waals surface area contributed by atoms with Crippen molar-refractivity contribution in [1.29, 1.82) is 0 Å². The van der Waals surface area contributed by atoms with Gasteiger partial charge in [-0.05, 0) is 81.5 Å². The topological polar surface area (TPSA) is 46.9 Å². The molecule has 0 unspecified atom stereocenters. The Kier molecular flexibility index (Phi) is 6.64. The van der Waals surface area contributed by atoms with Crippen molar-refractivity contribution in [2.24, 2.45) is 0 Å². The highest BCUT2D eigenvalue weighted by Crippen LogP contribution is 2.23. The van der Waals surface area contributed by atoms with Crippen molar-refractivity contribution in [3.63, 3.8) is 0 Å². The number of benzene rings is 3. The summed E-state index contributed by atoms with van der Waals surface area (Å²) in [6.45, 7) is 12.0. The van der Waals surface area contributed by atoms with Crippen LogP contribution in [0.3, 0.4) is 0 Å². The predicted octanol–water partition coefficient (Wildman–Crippen LogP) is 5.99. The molecule has 0 atom stereocenters. The molecule has 3 aromatic carbocycles. The number of rotatable bonds is 7. The molecule has 0 fully saturated rings. The highest BCUT2D eigenvalue weighted by molar-refractivity contribution is 5.95. The van der Waals surface area contributed by atoms with E-state index in [-0.39, 0.29) is 5.91 Å². The van der Waals surface area contributed by atoms with Gasteiger partial charge in [0.05, 0.1) is 11.0 Å². The van der Waals surface area contributed by atoms with E-state index in [4.69, 9.17) is 4.98 Å². The largest absolute Gasteiger partial charge is 0.352 e. The van der Waals surface area contributed by atoms with Crippen molar-refractivity contribution >= 4 is 16.9 Å². The molecule has 0 aliphatic rings. The summed E-state index contributed by atoms with van der Waals surface area (Å²) < 4.78 is 2.34. The van der Waals surface area contributed by atoms with Crippen LogP contribution >= 0.6 is 0 Å².